The van der Waals surface area contributed by atoms with E-state index in [2.05, 4.69) is 17.1 Å². The van der Waals surface area contributed by atoms with Crippen LogP contribution in [-0.2, 0) is 9.59 Å². The standard InChI is InChI=1S/C14H26N2O2/c1-9(2)14(11(4)17)15-13(18)8-16(5)10(3)12-6-7-12/h9-10,12,14H,6-8H2,1-5H3,(H,15,18). The van der Waals surface area contributed by atoms with Crippen molar-refractivity contribution in [2.75, 3.05) is 13.6 Å². The van der Waals surface area contributed by atoms with Crippen molar-refractivity contribution in [3.05, 3.63) is 0 Å². The fourth-order valence-corrected chi connectivity index (χ4v) is 2.27. The van der Waals surface area contributed by atoms with Crippen LogP contribution >= 0.6 is 0 Å². The Hall–Kier alpha value is -0.900. The summed E-state index contributed by atoms with van der Waals surface area (Å²) in [6.45, 7) is 7.96. The number of ketones is 1. The number of rotatable bonds is 7. The third kappa shape index (κ3) is 4.41. The molecule has 1 amide bonds. The molecule has 4 heteroatoms. The lowest BCUT2D eigenvalue weighted by atomic mass is 10.0. The lowest BCUT2D eigenvalue weighted by Gasteiger charge is -2.26. The van der Waals surface area contributed by atoms with Gasteiger partial charge in [-0.2, -0.15) is 0 Å². The molecule has 1 aliphatic rings. The number of carbonyl (C=O) groups is 2. The van der Waals surface area contributed by atoms with E-state index in [9.17, 15) is 9.59 Å². The highest BCUT2D eigenvalue weighted by Gasteiger charge is 2.31. The minimum absolute atomic E-state index is 0.0243. The first-order valence-corrected chi connectivity index (χ1v) is 6.83. The molecule has 0 aliphatic heterocycles. The zero-order valence-corrected chi connectivity index (χ0v) is 12.2. The molecule has 2 atom stereocenters. The zero-order chi connectivity index (χ0) is 13.9. The summed E-state index contributed by atoms with van der Waals surface area (Å²) < 4.78 is 0. The molecule has 1 N–H and O–H groups in total. The Labute approximate surface area is 110 Å². The molecule has 1 fully saturated rings. The van der Waals surface area contributed by atoms with Gasteiger partial charge in [0.2, 0.25) is 5.91 Å². The van der Waals surface area contributed by atoms with Crippen LogP contribution in [-0.4, -0.2) is 42.3 Å². The molecule has 0 spiro atoms. The van der Waals surface area contributed by atoms with Crippen LogP contribution in [0.5, 0.6) is 0 Å². The van der Waals surface area contributed by atoms with Gasteiger partial charge in [-0.25, -0.2) is 0 Å². The number of amides is 1. The van der Waals surface area contributed by atoms with Gasteiger partial charge in [0.25, 0.3) is 0 Å². The number of nitrogens with one attached hydrogen (secondary N) is 1. The number of nitrogens with zero attached hydrogens (tertiary/aromatic N) is 1. The largest absolute Gasteiger partial charge is 0.345 e. The number of hydrogen-bond acceptors (Lipinski definition) is 3. The molecule has 0 heterocycles. The second kappa shape index (κ2) is 6.32. The van der Waals surface area contributed by atoms with Crippen molar-refractivity contribution >= 4 is 11.7 Å². The van der Waals surface area contributed by atoms with Gasteiger partial charge in [0, 0.05) is 6.04 Å². The van der Waals surface area contributed by atoms with Crippen molar-refractivity contribution in [2.24, 2.45) is 11.8 Å². The number of hydrogen-bond donors (Lipinski definition) is 1. The van der Waals surface area contributed by atoms with Gasteiger partial charge < -0.3 is 5.32 Å². The lowest BCUT2D eigenvalue weighted by molar-refractivity contribution is -0.128. The minimum Gasteiger partial charge on any atom is -0.345 e. The number of likely N-dealkylation sites (N-methyl/N-ethyl adjacent to an activating group) is 1. The fourth-order valence-electron chi connectivity index (χ4n) is 2.27. The molecule has 1 aliphatic carbocycles. The monoisotopic (exact) mass is 254 g/mol. The van der Waals surface area contributed by atoms with Crippen molar-refractivity contribution in [3.63, 3.8) is 0 Å². The van der Waals surface area contributed by atoms with Gasteiger partial charge in [0.15, 0.2) is 5.78 Å². The summed E-state index contributed by atoms with van der Waals surface area (Å²) in [7, 11) is 1.97. The highest BCUT2D eigenvalue weighted by Crippen LogP contribution is 2.34. The van der Waals surface area contributed by atoms with E-state index in [4.69, 9.17) is 0 Å². The molecule has 0 bridgehead atoms. The highest BCUT2D eigenvalue weighted by atomic mass is 16.2. The Balaban J connectivity index is 2.41. The molecule has 1 saturated carbocycles. The maximum absolute atomic E-state index is 11.9. The second-order valence-electron chi connectivity index (χ2n) is 5.89. The molecule has 0 radical (unpaired) electrons. The van der Waals surface area contributed by atoms with Gasteiger partial charge in [0.1, 0.15) is 0 Å². The highest BCUT2D eigenvalue weighted by molar-refractivity contribution is 5.88. The Morgan fingerprint density at radius 3 is 2.22 bits per heavy atom. The van der Waals surface area contributed by atoms with Gasteiger partial charge in [-0.3, -0.25) is 14.5 Å². The lowest BCUT2D eigenvalue weighted by Crippen LogP contribution is -2.48. The molecule has 104 valence electrons. The Morgan fingerprint density at radius 1 is 1.28 bits per heavy atom. The van der Waals surface area contributed by atoms with E-state index < -0.39 is 0 Å². The van der Waals surface area contributed by atoms with Gasteiger partial charge in [-0.1, -0.05) is 13.8 Å². The van der Waals surface area contributed by atoms with Crippen molar-refractivity contribution in [1.82, 2.24) is 10.2 Å². The average molecular weight is 254 g/mol. The van der Waals surface area contributed by atoms with Crippen molar-refractivity contribution in [3.8, 4) is 0 Å². The first-order chi connectivity index (χ1) is 8.32. The molecule has 0 saturated heterocycles. The summed E-state index contributed by atoms with van der Waals surface area (Å²) >= 11 is 0. The minimum atomic E-state index is -0.359. The Morgan fingerprint density at radius 2 is 1.83 bits per heavy atom. The first-order valence-electron chi connectivity index (χ1n) is 6.83. The molecule has 1 rings (SSSR count). The van der Waals surface area contributed by atoms with Crippen molar-refractivity contribution < 1.29 is 9.59 Å². The van der Waals surface area contributed by atoms with Crippen LogP contribution < -0.4 is 5.32 Å². The maximum atomic E-state index is 11.9. The van der Waals surface area contributed by atoms with Crippen molar-refractivity contribution in [1.29, 1.82) is 0 Å². The van der Waals surface area contributed by atoms with Crippen LogP contribution in [0, 0.1) is 11.8 Å². The van der Waals surface area contributed by atoms with Gasteiger partial charge >= 0.3 is 0 Å². The van der Waals surface area contributed by atoms with Gasteiger partial charge in [-0.05, 0) is 45.6 Å². The van der Waals surface area contributed by atoms with Crippen molar-refractivity contribution in [2.45, 2.75) is 52.6 Å². The van der Waals surface area contributed by atoms with Gasteiger partial charge in [-0.15, -0.1) is 0 Å². The first kappa shape index (κ1) is 15.2. The summed E-state index contributed by atoms with van der Waals surface area (Å²) in [4.78, 5) is 25.4. The van der Waals surface area contributed by atoms with Crippen LogP contribution in [0.4, 0.5) is 0 Å². The number of carbonyl (C=O) groups excluding carboxylic acids is 2. The van der Waals surface area contributed by atoms with E-state index in [0.717, 1.165) is 5.92 Å². The zero-order valence-electron chi connectivity index (χ0n) is 12.2. The van der Waals surface area contributed by atoms with E-state index in [1.54, 1.807) is 0 Å². The third-order valence-corrected chi connectivity index (χ3v) is 3.81. The predicted octanol–water partition coefficient (Wildman–Crippen LogP) is 1.45. The van der Waals surface area contributed by atoms with Crippen LogP contribution in [0.3, 0.4) is 0 Å². The van der Waals surface area contributed by atoms with E-state index >= 15 is 0 Å². The fraction of sp³-hybridized carbons (Fsp3) is 0.857. The number of Topliss-reactive ketones (excluding diaryl/α,β-unsaturated/α-hetero) is 1. The maximum Gasteiger partial charge on any atom is 0.234 e. The molecule has 2 unspecified atom stereocenters. The van der Waals surface area contributed by atoms with Gasteiger partial charge in [0.05, 0.1) is 12.6 Å². The average Bonchev–Trinajstić information content (AvgIpc) is 3.07. The Kier molecular flexibility index (Phi) is 5.32. The summed E-state index contributed by atoms with van der Waals surface area (Å²) in [6, 6.07) is 0.0905. The molecular weight excluding hydrogens is 228 g/mol. The molecule has 0 aromatic carbocycles. The van der Waals surface area contributed by atoms with Crippen LogP contribution in [0.1, 0.15) is 40.5 Å². The van der Waals surface area contributed by atoms with Crippen LogP contribution in [0.2, 0.25) is 0 Å². The van der Waals surface area contributed by atoms with Crippen LogP contribution in [0.15, 0.2) is 0 Å². The normalized spacial score (nSPS) is 18.8. The summed E-state index contributed by atoms with van der Waals surface area (Å²) in [5.41, 5.74) is 0. The Bertz CT molecular complexity index is 311. The third-order valence-electron chi connectivity index (χ3n) is 3.81. The summed E-state index contributed by atoms with van der Waals surface area (Å²) in [6.07, 6.45) is 2.55. The molecule has 18 heavy (non-hydrogen) atoms. The molecule has 4 nitrogen and oxygen atoms in total. The predicted molar refractivity (Wildman–Crippen MR) is 72.3 cm³/mol. The topological polar surface area (TPSA) is 49.4 Å². The smallest absolute Gasteiger partial charge is 0.234 e. The second-order valence-corrected chi connectivity index (χ2v) is 5.89. The van der Waals surface area contributed by atoms with E-state index in [0.29, 0.717) is 12.6 Å². The van der Waals surface area contributed by atoms with Crippen LogP contribution in [0.25, 0.3) is 0 Å². The summed E-state index contributed by atoms with van der Waals surface area (Å²) in [5.74, 6) is 0.851. The molecule has 0 aromatic rings. The quantitative estimate of drug-likeness (QED) is 0.748. The SMILES string of the molecule is CC(=O)C(NC(=O)CN(C)C(C)C1CC1)C(C)C. The summed E-state index contributed by atoms with van der Waals surface area (Å²) in [5, 5.41) is 2.83. The van der Waals surface area contributed by atoms with E-state index in [-0.39, 0.29) is 23.7 Å². The van der Waals surface area contributed by atoms with E-state index in [1.807, 2.05) is 20.9 Å². The van der Waals surface area contributed by atoms with E-state index in [1.165, 1.54) is 19.8 Å². The molecular formula is C14H26N2O2. The molecule has 0 aromatic heterocycles.